The number of hydrogen-bond acceptors (Lipinski definition) is 2. The SMILES string of the molecule is [NH3+]NC(=S)NCCCC1CCOCC1. The molecule has 1 heterocycles. The highest BCUT2D eigenvalue weighted by Crippen LogP contribution is 2.19. The Bertz CT molecular complexity index is 171. The summed E-state index contributed by atoms with van der Waals surface area (Å²) in [6, 6.07) is 0. The summed E-state index contributed by atoms with van der Waals surface area (Å²) in [6.07, 6.45) is 4.89. The summed E-state index contributed by atoms with van der Waals surface area (Å²) < 4.78 is 5.31. The molecule has 82 valence electrons. The van der Waals surface area contributed by atoms with Crippen LogP contribution >= 0.6 is 12.2 Å². The normalized spacial score (nSPS) is 17.8. The van der Waals surface area contributed by atoms with E-state index in [0.717, 1.165) is 25.7 Å². The highest BCUT2D eigenvalue weighted by Gasteiger charge is 2.12. The van der Waals surface area contributed by atoms with E-state index in [4.69, 9.17) is 17.0 Å². The third kappa shape index (κ3) is 4.74. The number of rotatable bonds is 4. The van der Waals surface area contributed by atoms with Gasteiger partial charge in [0.2, 0.25) is 5.11 Å². The minimum absolute atomic E-state index is 0.636. The Morgan fingerprint density at radius 1 is 1.43 bits per heavy atom. The van der Waals surface area contributed by atoms with Gasteiger partial charge in [-0.05, 0) is 43.8 Å². The molecule has 0 saturated carbocycles. The molecule has 0 spiro atoms. The third-order valence-corrected chi connectivity index (χ3v) is 2.86. The van der Waals surface area contributed by atoms with Crippen molar-refractivity contribution in [3.63, 3.8) is 0 Å². The number of quaternary nitrogens is 1. The lowest BCUT2D eigenvalue weighted by Gasteiger charge is -2.21. The van der Waals surface area contributed by atoms with Gasteiger partial charge in [0.05, 0.1) is 0 Å². The van der Waals surface area contributed by atoms with Crippen molar-refractivity contribution in [1.82, 2.24) is 10.7 Å². The summed E-state index contributed by atoms with van der Waals surface area (Å²) >= 11 is 4.92. The summed E-state index contributed by atoms with van der Waals surface area (Å²) in [5.41, 5.74) is 2.65. The summed E-state index contributed by atoms with van der Waals surface area (Å²) in [4.78, 5) is 0. The smallest absolute Gasteiger partial charge is 0.213 e. The number of thiocarbonyl (C=S) groups is 1. The molecule has 4 nitrogen and oxygen atoms in total. The van der Waals surface area contributed by atoms with Crippen LogP contribution in [0.2, 0.25) is 0 Å². The third-order valence-electron chi connectivity index (χ3n) is 2.58. The highest BCUT2D eigenvalue weighted by atomic mass is 32.1. The molecule has 14 heavy (non-hydrogen) atoms. The maximum atomic E-state index is 5.31. The van der Waals surface area contributed by atoms with Crippen LogP contribution < -0.4 is 16.6 Å². The largest absolute Gasteiger partial charge is 0.381 e. The van der Waals surface area contributed by atoms with Crippen molar-refractivity contribution in [3.05, 3.63) is 0 Å². The van der Waals surface area contributed by atoms with Gasteiger partial charge in [-0.2, -0.15) is 0 Å². The van der Waals surface area contributed by atoms with Crippen molar-refractivity contribution < 1.29 is 10.6 Å². The van der Waals surface area contributed by atoms with E-state index in [1.165, 1.54) is 25.7 Å². The molecule has 0 unspecified atom stereocenters. The van der Waals surface area contributed by atoms with Crippen LogP contribution in [-0.2, 0) is 4.74 Å². The Balaban J connectivity index is 1.94. The lowest BCUT2D eigenvalue weighted by Crippen LogP contribution is -2.69. The fourth-order valence-electron chi connectivity index (χ4n) is 1.69. The van der Waals surface area contributed by atoms with Crippen molar-refractivity contribution in [2.45, 2.75) is 25.7 Å². The molecule has 1 saturated heterocycles. The number of ether oxygens (including phenoxy) is 1. The Morgan fingerprint density at radius 3 is 2.79 bits per heavy atom. The first kappa shape index (κ1) is 11.7. The Kier molecular flexibility index (Phi) is 5.82. The van der Waals surface area contributed by atoms with Crippen molar-refractivity contribution in [2.24, 2.45) is 5.92 Å². The molecule has 1 aliphatic rings. The molecule has 1 fully saturated rings. The zero-order valence-corrected chi connectivity index (χ0v) is 9.37. The van der Waals surface area contributed by atoms with Crippen molar-refractivity contribution in [1.29, 1.82) is 0 Å². The monoisotopic (exact) mass is 218 g/mol. The fourth-order valence-corrected chi connectivity index (χ4v) is 1.79. The molecule has 0 atom stereocenters. The second-order valence-electron chi connectivity index (χ2n) is 3.63. The molecule has 5 heteroatoms. The van der Waals surface area contributed by atoms with Gasteiger partial charge >= 0.3 is 0 Å². The van der Waals surface area contributed by atoms with Crippen LogP contribution in [0.3, 0.4) is 0 Å². The first-order valence-corrected chi connectivity index (χ1v) is 5.62. The molecule has 5 N–H and O–H groups in total. The predicted molar refractivity (Wildman–Crippen MR) is 59.4 cm³/mol. The Labute approximate surface area is 90.5 Å². The number of hydrogen-bond donors (Lipinski definition) is 3. The lowest BCUT2D eigenvalue weighted by molar-refractivity contribution is -0.419. The number of nitrogens with one attached hydrogen (secondary N) is 2. The predicted octanol–water partition coefficient (Wildman–Crippen LogP) is -0.186. The van der Waals surface area contributed by atoms with Crippen LogP contribution in [0.25, 0.3) is 0 Å². The van der Waals surface area contributed by atoms with Crippen LogP contribution in [-0.4, -0.2) is 24.9 Å². The summed E-state index contributed by atoms with van der Waals surface area (Å²) in [5.74, 6) is 4.34. The van der Waals surface area contributed by atoms with E-state index in [2.05, 4.69) is 16.6 Å². The van der Waals surface area contributed by atoms with E-state index in [9.17, 15) is 0 Å². The van der Waals surface area contributed by atoms with Crippen molar-refractivity contribution in [2.75, 3.05) is 19.8 Å². The van der Waals surface area contributed by atoms with Crippen LogP contribution in [0.4, 0.5) is 0 Å². The molecule has 0 aromatic carbocycles. The van der Waals surface area contributed by atoms with Crippen molar-refractivity contribution >= 4 is 17.3 Å². The van der Waals surface area contributed by atoms with Gasteiger partial charge in [0.25, 0.3) is 0 Å². The minimum Gasteiger partial charge on any atom is -0.381 e. The molecule has 0 amide bonds. The topological polar surface area (TPSA) is 60.9 Å². The van der Waals surface area contributed by atoms with Gasteiger partial charge in [0.15, 0.2) is 0 Å². The molecule has 1 rings (SSSR count). The molecule has 0 aromatic heterocycles. The average Bonchev–Trinajstić information content (AvgIpc) is 2.25. The molecule has 0 radical (unpaired) electrons. The first-order chi connectivity index (χ1) is 6.83. The van der Waals surface area contributed by atoms with E-state index < -0.39 is 0 Å². The van der Waals surface area contributed by atoms with Gasteiger partial charge < -0.3 is 10.1 Å². The maximum absolute atomic E-state index is 5.31. The molecule has 0 bridgehead atoms. The van der Waals surface area contributed by atoms with E-state index >= 15 is 0 Å². The summed E-state index contributed by atoms with van der Waals surface area (Å²) in [6.45, 7) is 2.83. The van der Waals surface area contributed by atoms with Crippen LogP contribution in [0.5, 0.6) is 0 Å². The van der Waals surface area contributed by atoms with Gasteiger partial charge in [-0.15, -0.1) is 0 Å². The molecular weight excluding hydrogens is 198 g/mol. The van der Waals surface area contributed by atoms with Gasteiger partial charge in [0, 0.05) is 19.8 Å². The maximum Gasteiger partial charge on any atom is 0.213 e. The molecule has 0 aromatic rings. The fraction of sp³-hybridized carbons (Fsp3) is 0.889. The van der Waals surface area contributed by atoms with Crippen LogP contribution in [0.15, 0.2) is 0 Å². The molecular formula is C9H20N3OS+. The highest BCUT2D eigenvalue weighted by molar-refractivity contribution is 7.80. The zero-order valence-electron chi connectivity index (χ0n) is 8.55. The van der Waals surface area contributed by atoms with Gasteiger partial charge in [0.1, 0.15) is 0 Å². The Morgan fingerprint density at radius 2 is 2.14 bits per heavy atom. The summed E-state index contributed by atoms with van der Waals surface area (Å²) in [7, 11) is 0. The Hall–Kier alpha value is -0.390. The van der Waals surface area contributed by atoms with Gasteiger partial charge in [-0.1, -0.05) is 0 Å². The minimum atomic E-state index is 0.636. The molecule has 1 aliphatic heterocycles. The second kappa shape index (κ2) is 6.98. The second-order valence-corrected chi connectivity index (χ2v) is 4.04. The van der Waals surface area contributed by atoms with E-state index in [1.54, 1.807) is 0 Å². The van der Waals surface area contributed by atoms with Gasteiger partial charge in [-0.25, -0.2) is 5.43 Å². The van der Waals surface area contributed by atoms with Crippen molar-refractivity contribution in [3.8, 4) is 0 Å². The van der Waals surface area contributed by atoms with E-state index in [1.807, 2.05) is 0 Å². The van der Waals surface area contributed by atoms with Crippen LogP contribution in [0, 0.1) is 5.92 Å². The van der Waals surface area contributed by atoms with Gasteiger partial charge in [-0.3, -0.25) is 5.84 Å². The van der Waals surface area contributed by atoms with E-state index in [-0.39, 0.29) is 0 Å². The van der Waals surface area contributed by atoms with Crippen LogP contribution in [0.1, 0.15) is 25.7 Å². The summed E-state index contributed by atoms with van der Waals surface area (Å²) in [5, 5.41) is 3.73. The first-order valence-electron chi connectivity index (χ1n) is 5.21. The zero-order chi connectivity index (χ0) is 10.2. The average molecular weight is 218 g/mol. The standard InChI is InChI=1S/C9H19N3OS/c10-12-9(14)11-5-1-2-8-3-6-13-7-4-8/h8H,1-7,10H2,(H2,11,12,14)/p+1. The molecule has 0 aliphatic carbocycles. The quantitative estimate of drug-likeness (QED) is 0.348. The van der Waals surface area contributed by atoms with E-state index in [0.29, 0.717) is 5.11 Å². The lowest BCUT2D eigenvalue weighted by atomic mass is 9.95.